The van der Waals surface area contributed by atoms with Gasteiger partial charge in [-0.3, -0.25) is 9.69 Å². The maximum Gasteiger partial charge on any atom is 0.410 e. The second-order valence-electron chi connectivity index (χ2n) is 7.75. The minimum absolute atomic E-state index is 0.186. The lowest BCUT2D eigenvalue weighted by molar-refractivity contribution is -0.0129. The number of piperazine rings is 1. The molecule has 1 saturated heterocycles. The molecule has 7 nitrogen and oxygen atoms in total. The van der Waals surface area contributed by atoms with Crippen molar-refractivity contribution >= 4 is 17.7 Å². The van der Waals surface area contributed by atoms with Crippen molar-refractivity contribution in [2.45, 2.75) is 52.3 Å². The van der Waals surface area contributed by atoms with Gasteiger partial charge < -0.3 is 15.4 Å². The SMILES string of the molecule is C[C@@H]1CN(C(=O)c2cc(N)cc(C#N)c2)C[C@H](C)N1C(=O)OC(C)(C)C. The van der Waals surface area contributed by atoms with Gasteiger partial charge in [-0.25, -0.2) is 4.79 Å². The number of nitrogens with zero attached hydrogens (tertiary/aromatic N) is 3. The summed E-state index contributed by atoms with van der Waals surface area (Å²) in [6.45, 7) is 10.0. The number of nitrogens with two attached hydrogens (primary N) is 1. The minimum atomic E-state index is -0.571. The lowest BCUT2D eigenvalue weighted by atomic mass is 10.1. The Bertz CT molecular complexity index is 736. The summed E-state index contributed by atoms with van der Waals surface area (Å²) >= 11 is 0. The van der Waals surface area contributed by atoms with Gasteiger partial charge in [-0.1, -0.05) is 0 Å². The Kier molecular flexibility index (Phi) is 5.45. The minimum Gasteiger partial charge on any atom is -0.444 e. The molecule has 1 aromatic rings. The molecular formula is C19H26N4O3. The summed E-state index contributed by atoms with van der Waals surface area (Å²) in [6.07, 6.45) is -0.375. The second-order valence-corrected chi connectivity index (χ2v) is 7.75. The smallest absolute Gasteiger partial charge is 0.410 e. The average Bonchev–Trinajstić information content (AvgIpc) is 2.50. The Morgan fingerprint density at radius 1 is 1.19 bits per heavy atom. The van der Waals surface area contributed by atoms with E-state index in [1.165, 1.54) is 12.1 Å². The number of anilines is 1. The van der Waals surface area contributed by atoms with Gasteiger partial charge in [-0.05, 0) is 52.8 Å². The summed E-state index contributed by atoms with van der Waals surface area (Å²) in [5.74, 6) is -0.198. The number of amides is 2. The van der Waals surface area contributed by atoms with Gasteiger partial charge in [0, 0.05) is 24.3 Å². The molecule has 0 bridgehead atoms. The van der Waals surface area contributed by atoms with Gasteiger partial charge in [0.05, 0.1) is 23.7 Å². The van der Waals surface area contributed by atoms with E-state index >= 15 is 0 Å². The van der Waals surface area contributed by atoms with Crippen LogP contribution in [0.3, 0.4) is 0 Å². The average molecular weight is 358 g/mol. The normalized spacial score (nSPS) is 20.5. The highest BCUT2D eigenvalue weighted by atomic mass is 16.6. The predicted molar refractivity (Wildman–Crippen MR) is 98.5 cm³/mol. The fourth-order valence-corrected chi connectivity index (χ4v) is 3.19. The van der Waals surface area contributed by atoms with Crippen molar-refractivity contribution in [1.82, 2.24) is 9.80 Å². The molecule has 1 aliphatic heterocycles. The number of carbonyl (C=O) groups excluding carboxylic acids is 2. The lowest BCUT2D eigenvalue weighted by Crippen LogP contribution is -2.60. The standard InChI is InChI=1S/C19H26N4O3/c1-12-10-22(11-13(2)23(12)18(25)26-19(3,4)5)17(24)15-6-14(9-20)7-16(21)8-15/h6-8,12-13H,10-11,21H2,1-5H3/t12-,13+. The fourth-order valence-electron chi connectivity index (χ4n) is 3.19. The molecule has 140 valence electrons. The molecule has 2 amide bonds. The van der Waals surface area contributed by atoms with Crippen molar-refractivity contribution in [1.29, 1.82) is 5.26 Å². The Balaban J connectivity index is 2.16. The first-order valence-corrected chi connectivity index (χ1v) is 8.63. The topological polar surface area (TPSA) is 99.7 Å². The molecule has 0 saturated carbocycles. The van der Waals surface area contributed by atoms with E-state index in [9.17, 15) is 9.59 Å². The number of ether oxygens (including phenoxy) is 1. The zero-order valence-corrected chi connectivity index (χ0v) is 15.9. The first-order valence-electron chi connectivity index (χ1n) is 8.63. The summed E-state index contributed by atoms with van der Waals surface area (Å²) in [4.78, 5) is 28.7. The highest BCUT2D eigenvalue weighted by Gasteiger charge is 2.37. The van der Waals surface area contributed by atoms with Crippen molar-refractivity contribution in [2.24, 2.45) is 0 Å². The van der Waals surface area contributed by atoms with Crippen LogP contribution in [0.15, 0.2) is 18.2 Å². The molecule has 2 N–H and O–H groups in total. The summed E-state index contributed by atoms with van der Waals surface area (Å²) < 4.78 is 5.48. The summed E-state index contributed by atoms with van der Waals surface area (Å²) in [5.41, 5.74) is 6.32. The third kappa shape index (κ3) is 4.45. The molecule has 0 aromatic heterocycles. The Morgan fingerprint density at radius 2 is 1.77 bits per heavy atom. The number of hydrogen-bond donors (Lipinski definition) is 1. The van der Waals surface area contributed by atoms with Gasteiger partial charge in [0.15, 0.2) is 0 Å². The van der Waals surface area contributed by atoms with Crippen LogP contribution >= 0.6 is 0 Å². The molecule has 7 heteroatoms. The first-order chi connectivity index (χ1) is 12.0. The number of carbonyl (C=O) groups is 2. The van der Waals surface area contributed by atoms with E-state index in [0.29, 0.717) is 29.9 Å². The number of hydrogen-bond acceptors (Lipinski definition) is 5. The second kappa shape index (κ2) is 7.24. The van der Waals surface area contributed by atoms with Crippen LogP contribution in [0.5, 0.6) is 0 Å². The Morgan fingerprint density at radius 3 is 2.27 bits per heavy atom. The van der Waals surface area contributed by atoms with E-state index in [1.54, 1.807) is 15.9 Å². The van der Waals surface area contributed by atoms with Crippen molar-refractivity contribution in [2.75, 3.05) is 18.8 Å². The Labute approximate surface area is 154 Å². The van der Waals surface area contributed by atoms with Gasteiger partial charge in [0.2, 0.25) is 0 Å². The van der Waals surface area contributed by atoms with Crippen molar-refractivity contribution < 1.29 is 14.3 Å². The van der Waals surface area contributed by atoms with Gasteiger partial charge in [0.25, 0.3) is 5.91 Å². The van der Waals surface area contributed by atoms with E-state index in [1.807, 2.05) is 40.7 Å². The fraction of sp³-hybridized carbons (Fsp3) is 0.526. The molecule has 0 unspecified atom stereocenters. The molecular weight excluding hydrogens is 332 g/mol. The molecule has 0 radical (unpaired) electrons. The van der Waals surface area contributed by atoms with Gasteiger partial charge in [0.1, 0.15) is 5.60 Å². The van der Waals surface area contributed by atoms with Crippen LogP contribution in [0.1, 0.15) is 50.5 Å². The van der Waals surface area contributed by atoms with Crippen LogP contribution in [0.4, 0.5) is 10.5 Å². The number of nitriles is 1. The van der Waals surface area contributed by atoms with Crippen LogP contribution < -0.4 is 5.73 Å². The highest BCUT2D eigenvalue weighted by Crippen LogP contribution is 2.22. The zero-order valence-electron chi connectivity index (χ0n) is 15.9. The quantitative estimate of drug-likeness (QED) is 0.778. The van der Waals surface area contributed by atoms with Crippen LogP contribution in [-0.4, -0.2) is 52.6 Å². The zero-order chi connectivity index (χ0) is 19.6. The predicted octanol–water partition coefficient (Wildman–Crippen LogP) is 2.61. The van der Waals surface area contributed by atoms with E-state index in [4.69, 9.17) is 15.7 Å². The molecule has 0 spiro atoms. The molecule has 1 fully saturated rings. The van der Waals surface area contributed by atoms with Crippen LogP contribution in [0.25, 0.3) is 0 Å². The molecule has 2 rings (SSSR count). The molecule has 2 atom stereocenters. The molecule has 1 aromatic carbocycles. The number of rotatable bonds is 1. The van der Waals surface area contributed by atoms with E-state index in [0.717, 1.165) is 0 Å². The third-order valence-corrected chi connectivity index (χ3v) is 4.14. The summed E-state index contributed by atoms with van der Waals surface area (Å²) in [5, 5.41) is 9.06. The van der Waals surface area contributed by atoms with Crippen LogP contribution in [0, 0.1) is 11.3 Å². The summed E-state index contributed by atoms with van der Waals surface area (Å²) in [6, 6.07) is 6.27. The maximum absolute atomic E-state index is 12.8. The highest BCUT2D eigenvalue weighted by molar-refractivity contribution is 5.95. The molecule has 26 heavy (non-hydrogen) atoms. The maximum atomic E-state index is 12.8. The van der Waals surface area contributed by atoms with Crippen LogP contribution in [0.2, 0.25) is 0 Å². The largest absolute Gasteiger partial charge is 0.444 e. The monoisotopic (exact) mass is 358 g/mol. The van der Waals surface area contributed by atoms with Gasteiger partial charge in [-0.2, -0.15) is 5.26 Å². The van der Waals surface area contributed by atoms with Crippen molar-refractivity contribution in [3.63, 3.8) is 0 Å². The van der Waals surface area contributed by atoms with E-state index < -0.39 is 5.60 Å². The lowest BCUT2D eigenvalue weighted by Gasteiger charge is -2.44. The number of benzene rings is 1. The third-order valence-electron chi connectivity index (χ3n) is 4.14. The van der Waals surface area contributed by atoms with Gasteiger partial charge >= 0.3 is 6.09 Å². The Hall–Kier alpha value is -2.75. The van der Waals surface area contributed by atoms with Gasteiger partial charge in [-0.15, -0.1) is 0 Å². The van der Waals surface area contributed by atoms with E-state index in [-0.39, 0.29) is 24.1 Å². The number of nitrogen functional groups attached to an aromatic ring is 1. The molecule has 1 aliphatic rings. The van der Waals surface area contributed by atoms with Crippen molar-refractivity contribution in [3.05, 3.63) is 29.3 Å². The summed E-state index contributed by atoms with van der Waals surface area (Å²) in [7, 11) is 0. The van der Waals surface area contributed by atoms with E-state index in [2.05, 4.69) is 0 Å². The first kappa shape index (κ1) is 19.6. The van der Waals surface area contributed by atoms with Crippen LogP contribution in [-0.2, 0) is 4.74 Å². The van der Waals surface area contributed by atoms with Crippen molar-refractivity contribution in [3.8, 4) is 6.07 Å². The molecule has 1 heterocycles. The molecule has 0 aliphatic carbocycles.